The second kappa shape index (κ2) is 5.01. The van der Waals surface area contributed by atoms with Crippen molar-refractivity contribution in [1.82, 2.24) is 14.8 Å². The van der Waals surface area contributed by atoms with Crippen LogP contribution in [0.4, 0.5) is 5.95 Å². The first kappa shape index (κ1) is 12.2. The third-order valence-corrected chi connectivity index (χ3v) is 3.59. The van der Waals surface area contributed by atoms with Gasteiger partial charge in [-0.25, -0.2) is 4.68 Å². The topological polar surface area (TPSA) is 63.0 Å². The van der Waals surface area contributed by atoms with E-state index in [1.807, 2.05) is 4.68 Å². The summed E-state index contributed by atoms with van der Waals surface area (Å²) in [5.74, 6) is 1.22. The van der Waals surface area contributed by atoms with Gasteiger partial charge >= 0.3 is 0 Å². The summed E-state index contributed by atoms with van der Waals surface area (Å²) < 4.78 is 1.88. The predicted octanol–water partition coefficient (Wildman–Crippen LogP) is 1.74. The van der Waals surface area contributed by atoms with Crippen LogP contribution in [0.15, 0.2) is 24.3 Å². The van der Waals surface area contributed by atoms with E-state index in [9.17, 15) is 0 Å². The summed E-state index contributed by atoms with van der Waals surface area (Å²) in [5.41, 5.74) is 2.59. The molecule has 100 valence electrons. The molecule has 2 aromatic rings. The van der Waals surface area contributed by atoms with Crippen LogP contribution in [0.25, 0.3) is 0 Å². The number of benzene rings is 1. The van der Waals surface area contributed by atoms with Crippen LogP contribution < -0.4 is 5.32 Å². The number of hydrogen-bond acceptors (Lipinski definition) is 4. The van der Waals surface area contributed by atoms with E-state index in [4.69, 9.17) is 5.11 Å². The average Bonchev–Trinajstić information content (AvgIpc) is 2.90. The molecular formula is C14H18N4O. The van der Waals surface area contributed by atoms with Crippen molar-refractivity contribution in [2.24, 2.45) is 0 Å². The van der Waals surface area contributed by atoms with Crippen molar-refractivity contribution in [2.75, 3.05) is 11.9 Å². The van der Waals surface area contributed by atoms with Crippen LogP contribution in [0.1, 0.15) is 36.3 Å². The molecule has 1 unspecified atom stereocenters. The molecule has 1 aromatic heterocycles. The Bertz CT molecular complexity index is 561. The lowest BCUT2D eigenvalue weighted by Gasteiger charge is -2.24. The molecule has 5 heteroatoms. The van der Waals surface area contributed by atoms with Crippen molar-refractivity contribution in [3.63, 3.8) is 0 Å². The molecule has 0 aliphatic carbocycles. The highest BCUT2D eigenvalue weighted by molar-refractivity contribution is 5.33. The number of rotatable bonds is 3. The van der Waals surface area contributed by atoms with Crippen LogP contribution >= 0.6 is 0 Å². The summed E-state index contributed by atoms with van der Waals surface area (Å²) >= 11 is 0. The molecule has 3 rings (SSSR count). The fraction of sp³-hybridized carbons (Fsp3) is 0.429. The molecule has 0 saturated carbocycles. The number of nitrogens with zero attached hydrogens (tertiary/aromatic N) is 3. The minimum absolute atomic E-state index is 0.122. The molecule has 19 heavy (non-hydrogen) atoms. The smallest absolute Gasteiger partial charge is 0.222 e. The number of hydrogen-bond donors (Lipinski definition) is 2. The molecule has 0 bridgehead atoms. The molecule has 0 fully saturated rings. The van der Waals surface area contributed by atoms with Gasteiger partial charge in [0.25, 0.3) is 0 Å². The Labute approximate surface area is 112 Å². The van der Waals surface area contributed by atoms with Gasteiger partial charge in [0, 0.05) is 6.54 Å². The molecule has 2 heterocycles. The fourth-order valence-electron chi connectivity index (χ4n) is 2.50. The van der Waals surface area contributed by atoms with Gasteiger partial charge in [0.15, 0.2) is 5.82 Å². The lowest BCUT2D eigenvalue weighted by Crippen LogP contribution is -2.24. The molecule has 1 aliphatic heterocycles. The van der Waals surface area contributed by atoms with Gasteiger partial charge in [0.1, 0.15) is 6.61 Å². The van der Waals surface area contributed by atoms with Crippen LogP contribution in [0.3, 0.4) is 0 Å². The van der Waals surface area contributed by atoms with Crippen LogP contribution in [0.5, 0.6) is 0 Å². The van der Waals surface area contributed by atoms with E-state index in [0.29, 0.717) is 5.82 Å². The van der Waals surface area contributed by atoms with Crippen LogP contribution in [-0.4, -0.2) is 26.4 Å². The van der Waals surface area contributed by atoms with E-state index in [1.54, 1.807) is 0 Å². The number of anilines is 1. The van der Waals surface area contributed by atoms with E-state index in [-0.39, 0.29) is 12.6 Å². The summed E-state index contributed by atoms with van der Waals surface area (Å²) in [6, 6.07) is 8.87. The van der Waals surface area contributed by atoms with E-state index in [0.717, 1.165) is 25.3 Å². The maximum atomic E-state index is 9.15. The highest BCUT2D eigenvalue weighted by Crippen LogP contribution is 2.28. The number of aliphatic hydroxyl groups excluding tert-OH is 1. The maximum absolute atomic E-state index is 9.15. The Hall–Kier alpha value is -1.88. The van der Waals surface area contributed by atoms with E-state index < -0.39 is 0 Å². The van der Waals surface area contributed by atoms with Crippen molar-refractivity contribution in [3.8, 4) is 0 Å². The summed E-state index contributed by atoms with van der Waals surface area (Å²) in [5, 5.41) is 16.7. The molecule has 5 nitrogen and oxygen atoms in total. The van der Waals surface area contributed by atoms with E-state index in [2.05, 4.69) is 46.6 Å². The summed E-state index contributed by atoms with van der Waals surface area (Å²) in [7, 11) is 0. The average molecular weight is 258 g/mol. The minimum Gasteiger partial charge on any atom is -0.388 e. The molecular weight excluding hydrogens is 240 g/mol. The second-order valence-corrected chi connectivity index (χ2v) is 4.78. The van der Waals surface area contributed by atoms with Crippen LogP contribution in [0, 0.1) is 0 Å². The SMILES string of the molecule is CCc1ccc(C2CCNc3nc(CO)nn32)cc1. The quantitative estimate of drug-likeness (QED) is 0.880. The summed E-state index contributed by atoms with van der Waals surface area (Å²) in [4.78, 5) is 4.27. The van der Waals surface area contributed by atoms with Crippen molar-refractivity contribution in [1.29, 1.82) is 0 Å². The van der Waals surface area contributed by atoms with Gasteiger partial charge in [-0.2, -0.15) is 10.1 Å². The zero-order chi connectivity index (χ0) is 13.2. The Balaban J connectivity index is 1.95. The highest BCUT2D eigenvalue weighted by Gasteiger charge is 2.24. The lowest BCUT2D eigenvalue weighted by molar-refractivity contribution is 0.270. The van der Waals surface area contributed by atoms with Gasteiger partial charge in [-0.05, 0) is 24.0 Å². The van der Waals surface area contributed by atoms with Crippen molar-refractivity contribution in [2.45, 2.75) is 32.4 Å². The van der Waals surface area contributed by atoms with Gasteiger partial charge in [-0.1, -0.05) is 31.2 Å². The lowest BCUT2D eigenvalue weighted by atomic mass is 10.0. The Morgan fingerprint density at radius 3 is 2.84 bits per heavy atom. The van der Waals surface area contributed by atoms with Gasteiger partial charge in [0.05, 0.1) is 6.04 Å². The molecule has 0 radical (unpaired) electrons. The highest BCUT2D eigenvalue weighted by atomic mass is 16.3. The van der Waals surface area contributed by atoms with Gasteiger partial charge < -0.3 is 10.4 Å². The van der Waals surface area contributed by atoms with Gasteiger partial charge in [-0.15, -0.1) is 0 Å². The molecule has 1 atom stereocenters. The number of aliphatic hydroxyl groups is 1. The second-order valence-electron chi connectivity index (χ2n) is 4.78. The number of aromatic nitrogens is 3. The van der Waals surface area contributed by atoms with Crippen LogP contribution in [-0.2, 0) is 13.0 Å². The monoisotopic (exact) mass is 258 g/mol. The number of aryl methyl sites for hydroxylation is 1. The predicted molar refractivity (Wildman–Crippen MR) is 73.0 cm³/mol. The maximum Gasteiger partial charge on any atom is 0.222 e. The molecule has 1 aliphatic rings. The summed E-state index contributed by atoms with van der Waals surface area (Å²) in [6.45, 7) is 2.91. The number of nitrogens with one attached hydrogen (secondary N) is 1. The largest absolute Gasteiger partial charge is 0.388 e. The third-order valence-electron chi connectivity index (χ3n) is 3.59. The molecule has 0 amide bonds. The molecule has 1 aromatic carbocycles. The first-order valence-corrected chi connectivity index (χ1v) is 6.70. The zero-order valence-electron chi connectivity index (χ0n) is 11.0. The van der Waals surface area contributed by atoms with Crippen molar-refractivity contribution >= 4 is 5.95 Å². The summed E-state index contributed by atoms with van der Waals surface area (Å²) in [6.07, 6.45) is 2.03. The molecule has 0 spiro atoms. The molecule has 2 N–H and O–H groups in total. The van der Waals surface area contributed by atoms with Crippen molar-refractivity contribution < 1.29 is 5.11 Å². The fourth-order valence-corrected chi connectivity index (χ4v) is 2.50. The van der Waals surface area contributed by atoms with E-state index >= 15 is 0 Å². The first-order chi connectivity index (χ1) is 9.31. The Kier molecular flexibility index (Phi) is 3.21. The minimum atomic E-state index is -0.122. The number of fused-ring (bicyclic) bond motifs is 1. The van der Waals surface area contributed by atoms with Crippen molar-refractivity contribution in [3.05, 3.63) is 41.2 Å². The molecule has 0 saturated heterocycles. The zero-order valence-corrected chi connectivity index (χ0v) is 11.0. The first-order valence-electron chi connectivity index (χ1n) is 6.70. The standard InChI is InChI=1S/C14H18N4O/c1-2-10-3-5-11(6-4-10)12-7-8-15-14-16-13(9-19)17-18(12)14/h3-6,12,19H,2,7-9H2,1H3,(H,15,16,17). The van der Waals surface area contributed by atoms with Crippen LogP contribution in [0.2, 0.25) is 0 Å². The normalized spacial score (nSPS) is 17.9. The third kappa shape index (κ3) is 2.21. The van der Waals surface area contributed by atoms with E-state index in [1.165, 1.54) is 11.1 Å². The Morgan fingerprint density at radius 1 is 1.37 bits per heavy atom. The van der Waals surface area contributed by atoms with Gasteiger partial charge in [0.2, 0.25) is 5.95 Å². The Morgan fingerprint density at radius 2 is 2.16 bits per heavy atom. The van der Waals surface area contributed by atoms with Gasteiger partial charge in [-0.3, -0.25) is 0 Å².